The number of aliphatic hydroxyl groups is 1. The van der Waals surface area contributed by atoms with Crippen molar-refractivity contribution in [3.8, 4) is 0 Å². The average molecular weight is 900 g/mol. The Hall–Kier alpha value is -1.88. The molecule has 0 saturated heterocycles. The number of carbonyl (C=O) groups excluding carboxylic acids is 2. The molecule has 0 amide bonds. The molecule has 5 nitrogen and oxygen atoms in total. The SMILES string of the molecule is CCCCCCC/C=C\C/C=C\C/C=C\CCCCCCCCCCCCCCCCCCCCCCCCCCCCC(=O)OC(CO)COC(=O)CCCCCCCCCCC. The van der Waals surface area contributed by atoms with Crippen molar-refractivity contribution in [2.24, 2.45) is 0 Å². The molecular formula is C59H110O5. The Kier molecular flexibility index (Phi) is 53.8. The van der Waals surface area contributed by atoms with Crippen LogP contribution < -0.4 is 0 Å². The molecule has 0 rings (SSSR count). The Morgan fingerprint density at radius 3 is 0.938 bits per heavy atom. The summed E-state index contributed by atoms with van der Waals surface area (Å²) < 4.78 is 10.6. The maximum Gasteiger partial charge on any atom is 0.306 e. The van der Waals surface area contributed by atoms with Crippen LogP contribution in [0.4, 0.5) is 0 Å². The predicted molar refractivity (Wildman–Crippen MR) is 279 cm³/mol. The third-order valence-corrected chi connectivity index (χ3v) is 12.9. The van der Waals surface area contributed by atoms with Crippen molar-refractivity contribution in [1.82, 2.24) is 0 Å². The van der Waals surface area contributed by atoms with E-state index in [1.807, 2.05) is 0 Å². The molecule has 0 aromatic heterocycles. The number of rotatable bonds is 53. The predicted octanol–water partition coefficient (Wildman–Crippen LogP) is 19.1. The zero-order chi connectivity index (χ0) is 46.3. The van der Waals surface area contributed by atoms with Crippen molar-refractivity contribution < 1.29 is 24.2 Å². The lowest BCUT2D eigenvalue weighted by Gasteiger charge is -2.15. The van der Waals surface area contributed by atoms with Crippen LogP contribution in [0.25, 0.3) is 0 Å². The van der Waals surface area contributed by atoms with Crippen LogP contribution in [-0.2, 0) is 19.1 Å². The summed E-state index contributed by atoms with van der Waals surface area (Å²) in [6.45, 7) is 4.13. The zero-order valence-electron chi connectivity index (χ0n) is 43.1. The fourth-order valence-electron chi connectivity index (χ4n) is 8.62. The van der Waals surface area contributed by atoms with Crippen LogP contribution in [0.2, 0.25) is 0 Å². The lowest BCUT2D eigenvalue weighted by Crippen LogP contribution is -2.28. The van der Waals surface area contributed by atoms with Gasteiger partial charge in [0.25, 0.3) is 0 Å². The van der Waals surface area contributed by atoms with E-state index in [4.69, 9.17) is 9.47 Å². The fraction of sp³-hybridized carbons (Fsp3) is 0.864. The molecule has 5 heteroatoms. The van der Waals surface area contributed by atoms with Crippen LogP contribution in [0.3, 0.4) is 0 Å². The molecule has 64 heavy (non-hydrogen) atoms. The Bertz CT molecular complexity index is 1020. The number of aliphatic hydroxyl groups excluding tert-OH is 1. The number of carbonyl (C=O) groups is 2. The van der Waals surface area contributed by atoms with Gasteiger partial charge in [0.05, 0.1) is 6.61 Å². The molecule has 0 fully saturated rings. The number of unbranched alkanes of at least 4 members (excludes halogenated alkanes) is 39. The molecule has 1 N–H and O–H groups in total. The van der Waals surface area contributed by atoms with E-state index < -0.39 is 6.10 Å². The smallest absolute Gasteiger partial charge is 0.306 e. The highest BCUT2D eigenvalue weighted by Gasteiger charge is 2.16. The van der Waals surface area contributed by atoms with Crippen molar-refractivity contribution in [2.75, 3.05) is 13.2 Å². The first-order valence-corrected chi connectivity index (χ1v) is 28.5. The molecule has 0 aliphatic heterocycles. The molecule has 0 bridgehead atoms. The summed E-state index contributed by atoms with van der Waals surface area (Å²) in [5.41, 5.74) is 0. The van der Waals surface area contributed by atoms with Gasteiger partial charge in [-0.15, -0.1) is 0 Å². The molecule has 1 unspecified atom stereocenters. The maximum absolute atomic E-state index is 12.2. The Morgan fingerprint density at radius 2 is 0.625 bits per heavy atom. The lowest BCUT2D eigenvalue weighted by molar-refractivity contribution is -0.161. The second kappa shape index (κ2) is 55.4. The normalized spacial score (nSPS) is 12.4. The van der Waals surface area contributed by atoms with Crippen LogP contribution in [0.5, 0.6) is 0 Å². The first-order valence-electron chi connectivity index (χ1n) is 28.5. The van der Waals surface area contributed by atoms with Crippen molar-refractivity contribution in [2.45, 2.75) is 315 Å². The third kappa shape index (κ3) is 52.7. The summed E-state index contributed by atoms with van der Waals surface area (Å²) in [4.78, 5) is 24.3. The number of esters is 2. The minimum Gasteiger partial charge on any atom is -0.462 e. The summed E-state index contributed by atoms with van der Waals surface area (Å²) >= 11 is 0. The van der Waals surface area contributed by atoms with E-state index in [1.54, 1.807) is 0 Å². The summed E-state index contributed by atoms with van der Waals surface area (Å²) in [5, 5.41) is 9.58. The van der Waals surface area contributed by atoms with Gasteiger partial charge in [-0.2, -0.15) is 0 Å². The molecule has 0 aromatic rings. The second-order valence-electron chi connectivity index (χ2n) is 19.4. The topological polar surface area (TPSA) is 72.8 Å². The largest absolute Gasteiger partial charge is 0.462 e. The lowest BCUT2D eigenvalue weighted by atomic mass is 10.0. The Labute approximate surface area is 399 Å². The minimum atomic E-state index is -0.764. The highest BCUT2D eigenvalue weighted by Crippen LogP contribution is 2.17. The monoisotopic (exact) mass is 899 g/mol. The standard InChI is InChI=1S/C59H110O5/c1-3-5-7-9-11-13-14-15-16-17-18-19-20-21-22-23-24-25-26-27-28-29-30-31-32-33-34-35-36-37-38-39-40-41-42-43-44-46-48-50-52-54-59(62)64-57(55-60)56-63-58(61)53-51-49-47-45-12-10-8-6-4-2/h14-15,17-18,20-21,57,60H,3-13,16,19,22-56H2,1-2H3/b15-14-,18-17-,21-20-. The molecule has 0 radical (unpaired) electrons. The maximum atomic E-state index is 12.2. The van der Waals surface area contributed by atoms with Gasteiger partial charge in [0.1, 0.15) is 6.61 Å². The van der Waals surface area contributed by atoms with Gasteiger partial charge in [-0.25, -0.2) is 0 Å². The highest BCUT2D eigenvalue weighted by atomic mass is 16.6. The van der Waals surface area contributed by atoms with Gasteiger partial charge in [-0.05, 0) is 51.4 Å². The van der Waals surface area contributed by atoms with E-state index in [0.29, 0.717) is 12.8 Å². The molecule has 0 aliphatic rings. The summed E-state index contributed by atoms with van der Waals surface area (Å²) in [6, 6.07) is 0. The summed E-state index contributed by atoms with van der Waals surface area (Å²) in [5.74, 6) is -0.578. The van der Waals surface area contributed by atoms with E-state index in [-0.39, 0.29) is 25.2 Å². The van der Waals surface area contributed by atoms with Gasteiger partial charge in [0.15, 0.2) is 6.10 Å². The fourth-order valence-corrected chi connectivity index (χ4v) is 8.62. The Balaban J connectivity index is 3.33. The summed E-state index contributed by atoms with van der Waals surface area (Å²) in [6.07, 6.45) is 71.6. The van der Waals surface area contributed by atoms with Crippen LogP contribution >= 0.6 is 0 Å². The van der Waals surface area contributed by atoms with Crippen molar-refractivity contribution in [1.29, 1.82) is 0 Å². The molecule has 1 atom stereocenters. The number of hydrogen-bond acceptors (Lipinski definition) is 5. The summed E-state index contributed by atoms with van der Waals surface area (Å²) in [7, 11) is 0. The third-order valence-electron chi connectivity index (χ3n) is 12.9. The van der Waals surface area contributed by atoms with E-state index >= 15 is 0 Å². The van der Waals surface area contributed by atoms with Gasteiger partial charge in [0.2, 0.25) is 0 Å². The van der Waals surface area contributed by atoms with E-state index in [2.05, 4.69) is 50.3 Å². The van der Waals surface area contributed by atoms with Crippen molar-refractivity contribution in [3.05, 3.63) is 36.5 Å². The quantitative estimate of drug-likeness (QED) is 0.0374. The zero-order valence-corrected chi connectivity index (χ0v) is 43.1. The number of allylic oxidation sites excluding steroid dienone is 6. The van der Waals surface area contributed by atoms with Gasteiger partial charge in [-0.3, -0.25) is 9.59 Å². The van der Waals surface area contributed by atoms with Gasteiger partial charge >= 0.3 is 11.9 Å². The average Bonchev–Trinajstić information content (AvgIpc) is 3.30. The Morgan fingerprint density at radius 1 is 0.359 bits per heavy atom. The van der Waals surface area contributed by atoms with Gasteiger partial charge in [0, 0.05) is 12.8 Å². The van der Waals surface area contributed by atoms with Crippen LogP contribution in [0.1, 0.15) is 309 Å². The first-order chi connectivity index (χ1) is 31.6. The molecule has 0 aromatic carbocycles. The highest BCUT2D eigenvalue weighted by molar-refractivity contribution is 5.70. The molecule has 376 valence electrons. The van der Waals surface area contributed by atoms with Crippen molar-refractivity contribution >= 4 is 11.9 Å². The number of ether oxygens (including phenoxy) is 2. The molecule has 0 spiro atoms. The first kappa shape index (κ1) is 62.1. The molecule has 0 saturated carbocycles. The van der Waals surface area contributed by atoms with Crippen LogP contribution in [0, 0.1) is 0 Å². The van der Waals surface area contributed by atoms with E-state index in [9.17, 15) is 14.7 Å². The van der Waals surface area contributed by atoms with E-state index in [0.717, 1.165) is 51.4 Å². The van der Waals surface area contributed by atoms with Gasteiger partial charge in [-0.1, -0.05) is 281 Å². The van der Waals surface area contributed by atoms with E-state index in [1.165, 1.54) is 231 Å². The molecule has 0 heterocycles. The molecular weight excluding hydrogens is 789 g/mol. The van der Waals surface area contributed by atoms with Gasteiger partial charge < -0.3 is 14.6 Å². The van der Waals surface area contributed by atoms with Crippen LogP contribution in [0.15, 0.2) is 36.5 Å². The van der Waals surface area contributed by atoms with Crippen molar-refractivity contribution in [3.63, 3.8) is 0 Å². The van der Waals surface area contributed by atoms with Crippen LogP contribution in [-0.4, -0.2) is 36.4 Å². The molecule has 0 aliphatic carbocycles. The number of hydrogen-bond donors (Lipinski definition) is 1. The minimum absolute atomic E-state index is 0.0596. The second-order valence-corrected chi connectivity index (χ2v) is 19.4.